The summed E-state index contributed by atoms with van der Waals surface area (Å²) in [5.41, 5.74) is 2.91. The van der Waals surface area contributed by atoms with Crippen molar-refractivity contribution in [1.29, 1.82) is 0 Å². The molecule has 1 amide bonds. The van der Waals surface area contributed by atoms with E-state index in [2.05, 4.69) is 33.4 Å². The van der Waals surface area contributed by atoms with Gasteiger partial charge in [-0.1, -0.05) is 48.2 Å². The molecule has 0 spiro atoms. The Labute approximate surface area is 202 Å². The van der Waals surface area contributed by atoms with Gasteiger partial charge < -0.3 is 14.6 Å². The van der Waals surface area contributed by atoms with Crippen molar-refractivity contribution in [2.24, 2.45) is 0 Å². The van der Waals surface area contributed by atoms with Crippen LogP contribution in [0, 0.1) is 0 Å². The molecule has 0 atom stereocenters. The Kier molecular flexibility index (Phi) is 6.86. The standard InChI is InChI=1S/C26H25N5O2S/c32-25(28-17-19-7-6-12-27-16-19)23-11-10-21(33-23)18-34-26-29-22(20-8-2-1-3-9-20)15-24(30-26)31-13-4-5-14-31/h1-3,6-12,15-16H,4-5,13-14,17-18H2,(H,28,32). The van der Waals surface area contributed by atoms with Crippen LogP contribution < -0.4 is 10.2 Å². The van der Waals surface area contributed by atoms with E-state index in [4.69, 9.17) is 14.4 Å². The molecule has 4 heterocycles. The average molecular weight is 472 g/mol. The lowest BCUT2D eigenvalue weighted by atomic mass is 10.1. The second-order valence-corrected chi connectivity index (χ2v) is 9.00. The zero-order valence-corrected chi connectivity index (χ0v) is 19.5. The Morgan fingerprint density at radius 1 is 1.03 bits per heavy atom. The number of nitrogens with zero attached hydrogens (tertiary/aromatic N) is 4. The van der Waals surface area contributed by atoms with E-state index < -0.39 is 0 Å². The van der Waals surface area contributed by atoms with Gasteiger partial charge in [0.1, 0.15) is 11.6 Å². The lowest BCUT2D eigenvalue weighted by Gasteiger charge is -2.18. The minimum Gasteiger partial charge on any atom is -0.455 e. The van der Waals surface area contributed by atoms with Crippen LogP contribution in [-0.4, -0.2) is 33.9 Å². The van der Waals surface area contributed by atoms with Gasteiger partial charge in [0.15, 0.2) is 10.9 Å². The smallest absolute Gasteiger partial charge is 0.287 e. The van der Waals surface area contributed by atoms with Gasteiger partial charge in [-0.05, 0) is 36.6 Å². The van der Waals surface area contributed by atoms with E-state index in [0.717, 1.165) is 35.7 Å². The number of amides is 1. The molecular formula is C26H25N5O2S. The molecule has 1 aromatic carbocycles. The monoisotopic (exact) mass is 471 g/mol. The number of pyridine rings is 1. The number of carbonyl (C=O) groups is 1. The topological polar surface area (TPSA) is 84.2 Å². The maximum absolute atomic E-state index is 12.4. The summed E-state index contributed by atoms with van der Waals surface area (Å²) in [7, 11) is 0. The van der Waals surface area contributed by atoms with Crippen molar-refractivity contribution in [3.63, 3.8) is 0 Å². The highest BCUT2D eigenvalue weighted by atomic mass is 32.2. The van der Waals surface area contributed by atoms with Gasteiger partial charge in [0.2, 0.25) is 0 Å². The van der Waals surface area contributed by atoms with Gasteiger partial charge in [0.05, 0.1) is 11.4 Å². The Bertz CT molecular complexity index is 1240. The van der Waals surface area contributed by atoms with Gasteiger partial charge in [-0.3, -0.25) is 9.78 Å². The van der Waals surface area contributed by atoms with Gasteiger partial charge >= 0.3 is 0 Å². The largest absolute Gasteiger partial charge is 0.455 e. The van der Waals surface area contributed by atoms with E-state index in [1.165, 1.54) is 24.6 Å². The summed E-state index contributed by atoms with van der Waals surface area (Å²) in [5.74, 6) is 2.24. The molecule has 0 saturated carbocycles. The quantitative estimate of drug-likeness (QED) is 0.287. The first-order chi connectivity index (χ1) is 16.7. The number of furan rings is 1. The Hall–Kier alpha value is -3.65. The van der Waals surface area contributed by atoms with Crippen LogP contribution in [0.25, 0.3) is 11.3 Å². The van der Waals surface area contributed by atoms with E-state index in [1.807, 2.05) is 36.4 Å². The van der Waals surface area contributed by atoms with Crippen molar-refractivity contribution in [3.8, 4) is 11.3 Å². The van der Waals surface area contributed by atoms with E-state index in [9.17, 15) is 4.79 Å². The first-order valence-electron chi connectivity index (χ1n) is 11.3. The minimum atomic E-state index is -0.251. The summed E-state index contributed by atoms with van der Waals surface area (Å²) >= 11 is 1.51. The molecule has 3 aromatic heterocycles. The van der Waals surface area contributed by atoms with Crippen LogP contribution in [0.5, 0.6) is 0 Å². The molecule has 172 valence electrons. The van der Waals surface area contributed by atoms with Crippen molar-refractivity contribution in [3.05, 3.63) is 90.1 Å². The molecule has 1 N–H and O–H groups in total. The fourth-order valence-corrected chi connectivity index (χ4v) is 4.58. The third-order valence-electron chi connectivity index (χ3n) is 5.60. The molecule has 7 nitrogen and oxygen atoms in total. The molecule has 0 bridgehead atoms. The maximum atomic E-state index is 12.4. The number of hydrogen-bond acceptors (Lipinski definition) is 7. The van der Waals surface area contributed by atoms with Crippen LogP contribution in [-0.2, 0) is 12.3 Å². The van der Waals surface area contributed by atoms with Crippen LogP contribution in [0.2, 0.25) is 0 Å². The molecule has 1 fully saturated rings. The van der Waals surface area contributed by atoms with Gasteiger partial charge in [-0.2, -0.15) is 0 Å². The number of hydrogen-bond donors (Lipinski definition) is 1. The third-order valence-corrected chi connectivity index (χ3v) is 6.47. The average Bonchev–Trinajstić information content (AvgIpc) is 3.60. The lowest BCUT2D eigenvalue weighted by molar-refractivity contribution is 0.0921. The van der Waals surface area contributed by atoms with Crippen LogP contribution in [0.3, 0.4) is 0 Å². The Morgan fingerprint density at radius 3 is 2.68 bits per heavy atom. The van der Waals surface area contributed by atoms with Crippen LogP contribution in [0.4, 0.5) is 5.82 Å². The number of thioether (sulfide) groups is 1. The van der Waals surface area contributed by atoms with E-state index >= 15 is 0 Å². The second kappa shape index (κ2) is 10.5. The predicted octanol–water partition coefficient (Wildman–Crippen LogP) is 4.95. The summed E-state index contributed by atoms with van der Waals surface area (Å²) in [5, 5.41) is 3.55. The highest BCUT2D eigenvalue weighted by Crippen LogP contribution is 2.29. The molecule has 0 radical (unpaired) electrons. The molecule has 34 heavy (non-hydrogen) atoms. The predicted molar refractivity (Wildman–Crippen MR) is 133 cm³/mol. The zero-order chi connectivity index (χ0) is 23.2. The summed E-state index contributed by atoms with van der Waals surface area (Å²) < 4.78 is 5.79. The molecular weight excluding hydrogens is 446 g/mol. The summed E-state index contributed by atoms with van der Waals surface area (Å²) in [6, 6.07) is 19.5. The summed E-state index contributed by atoms with van der Waals surface area (Å²) in [4.78, 5) is 28.4. The van der Waals surface area contributed by atoms with E-state index in [0.29, 0.717) is 23.2 Å². The number of aromatic nitrogens is 3. The normalized spacial score (nSPS) is 13.2. The van der Waals surface area contributed by atoms with Crippen LogP contribution >= 0.6 is 11.8 Å². The van der Waals surface area contributed by atoms with Crippen molar-refractivity contribution < 1.29 is 9.21 Å². The highest BCUT2D eigenvalue weighted by molar-refractivity contribution is 7.98. The fourth-order valence-electron chi connectivity index (χ4n) is 3.83. The van der Waals surface area contributed by atoms with Gasteiger partial charge in [-0.25, -0.2) is 9.97 Å². The molecule has 0 unspecified atom stereocenters. The van der Waals surface area contributed by atoms with Gasteiger partial charge in [0.25, 0.3) is 5.91 Å². The van der Waals surface area contributed by atoms with Crippen LogP contribution in [0.15, 0.2) is 82.6 Å². The number of benzene rings is 1. The number of nitrogens with one attached hydrogen (secondary N) is 1. The van der Waals surface area contributed by atoms with Crippen molar-refractivity contribution in [2.75, 3.05) is 18.0 Å². The summed E-state index contributed by atoms with van der Waals surface area (Å²) in [6.07, 6.45) is 5.80. The summed E-state index contributed by atoms with van der Waals surface area (Å²) in [6.45, 7) is 2.44. The molecule has 8 heteroatoms. The fraction of sp³-hybridized carbons (Fsp3) is 0.231. The van der Waals surface area contributed by atoms with Gasteiger partial charge in [0, 0.05) is 43.7 Å². The van der Waals surface area contributed by atoms with Crippen LogP contribution in [0.1, 0.15) is 34.7 Å². The maximum Gasteiger partial charge on any atom is 0.287 e. The van der Waals surface area contributed by atoms with Crippen molar-refractivity contribution in [2.45, 2.75) is 30.3 Å². The zero-order valence-electron chi connectivity index (χ0n) is 18.7. The SMILES string of the molecule is O=C(NCc1cccnc1)c1ccc(CSc2nc(-c3ccccc3)cc(N3CCCC3)n2)o1. The van der Waals surface area contributed by atoms with E-state index in [-0.39, 0.29) is 11.7 Å². The number of rotatable bonds is 8. The Balaban J connectivity index is 1.27. The number of anilines is 1. The molecule has 0 aliphatic carbocycles. The molecule has 4 aromatic rings. The van der Waals surface area contributed by atoms with Crippen molar-refractivity contribution in [1.82, 2.24) is 20.3 Å². The molecule has 1 saturated heterocycles. The van der Waals surface area contributed by atoms with Gasteiger partial charge in [-0.15, -0.1) is 0 Å². The first-order valence-corrected chi connectivity index (χ1v) is 12.3. The molecule has 5 rings (SSSR count). The van der Waals surface area contributed by atoms with Crippen molar-refractivity contribution >= 4 is 23.5 Å². The molecule has 1 aliphatic rings. The Morgan fingerprint density at radius 2 is 1.88 bits per heavy atom. The first kappa shape index (κ1) is 22.2. The minimum absolute atomic E-state index is 0.251. The number of carbonyl (C=O) groups excluding carboxylic acids is 1. The highest BCUT2D eigenvalue weighted by Gasteiger charge is 2.17. The lowest BCUT2D eigenvalue weighted by Crippen LogP contribution is -2.22. The third kappa shape index (κ3) is 5.46. The second-order valence-electron chi connectivity index (χ2n) is 8.05. The van der Waals surface area contributed by atoms with E-state index in [1.54, 1.807) is 18.5 Å². The molecule has 1 aliphatic heterocycles.